The molecular formula is C18H19BrN2O4S. The van der Waals surface area contributed by atoms with Crippen molar-refractivity contribution in [1.82, 2.24) is 0 Å². The maximum absolute atomic E-state index is 12.7. The Labute approximate surface area is 161 Å². The second-order valence-corrected chi connectivity index (χ2v) is 8.98. The molecule has 0 spiro atoms. The van der Waals surface area contributed by atoms with E-state index >= 15 is 0 Å². The van der Waals surface area contributed by atoms with Gasteiger partial charge in [-0.25, -0.2) is 8.42 Å². The predicted molar refractivity (Wildman–Crippen MR) is 104 cm³/mol. The molecule has 6 nitrogen and oxygen atoms in total. The third-order valence-electron chi connectivity index (χ3n) is 3.85. The highest BCUT2D eigenvalue weighted by Gasteiger charge is 2.30. The number of ether oxygens (including phenoxy) is 1. The first-order valence-corrected chi connectivity index (χ1v) is 10.4. The molecular weight excluding hydrogens is 420 g/mol. The number of halogens is 1. The van der Waals surface area contributed by atoms with Crippen LogP contribution >= 0.6 is 15.9 Å². The van der Waals surface area contributed by atoms with Crippen LogP contribution < -0.4 is 14.8 Å². The molecule has 0 saturated carbocycles. The van der Waals surface area contributed by atoms with Crippen LogP contribution in [0, 0.1) is 5.92 Å². The van der Waals surface area contributed by atoms with Gasteiger partial charge in [0.05, 0.1) is 5.69 Å². The molecule has 2 aromatic carbocycles. The number of nitrogens with one attached hydrogen (secondary N) is 2. The molecule has 3 rings (SSSR count). The van der Waals surface area contributed by atoms with Crippen LogP contribution in [0.5, 0.6) is 5.75 Å². The molecule has 0 radical (unpaired) electrons. The fourth-order valence-corrected chi connectivity index (χ4v) is 4.77. The fourth-order valence-electron chi connectivity index (χ4n) is 2.66. The number of hydrogen-bond donors (Lipinski definition) is 2. The second kappa shape index (κ2) is 7.28. The first-order chi connectivity index (χ1) is 12.3. The van der Waals surface area contributed by atoms with E-state index < -0.39 is 16.1 Å². The van der Waals surface area contributed by atoms with Crippen molar-refractivity contribution in [3.63, 3.8) is 0 Å². The molecule has 2 N–H and O–H groups in total. The van der Waals surface area contributed by atoms with Gasteiger partial charge < -0.3 is 10.1 Å². The Bertz CT molecular complexity index is 930. The number of hydrogen-bond acceptors (Lipinski definition) is 4. The third-order valence-corrected chi connectivity index (χ3v) is 6.19. The van der Waals surface area contributed by atoms with Crippen molar-refractivity contribution >= 4 is 43.2 Å². The van der Waals surface area contributed by atoms with Crippen LogP contribution in [-0.2, 0) is 14.8 Å². The van der Waals surface area contributed by atoms with Crippen LogP contribution in [0.1, 0.15) is 20.3 Å². The number of amides is 1. The van der Waals surface area contributed by atoms with Gasteiger partial charge in [-0.05, 0) is 46.5 Å². The number of para-hydroxylation sites is 1. The topological polar surface area (TPSA) is 84.5 Å². The molecule has 1 unspecified atom stereocenters. The van der Waals surface area contributed by atoms with Gasteiger partial charge in [0.2, 0.25) is 0 Å². The molecule has 0 saturated heterocycles. The zero-order valence-electron chi connectivity index (χ0n) is 14.3. The lowest BCUT2D eigenvalue weighted by molar-refractivity contribution is -0.124. The lowest BCUT2D eigenvalue weighted by atomic mass is 10.0. The van der Waals surface area contributed by atoms with Gasteiger partial charge in [-0.3, -0.25) is 9.52 Å². The van der Waals surface area contributed by atoms with E-state index in [4.69, 9.17) is 4.74 Å². The number of benzene rings is 2. The van der Waals surface area contributed by atoms with Crippen molar-refractivity contribution in [2.24, 2.45) is 5.92 Å². The molecule has 1 aliphatic heterocycles. The molecule has 2 aromatic rings. The molecule has 1 aliphatic rings. The molecule has 138 valence electrons. The summed E-state index contributed by atoms with van der Waals surface area (Å²) in [6.45, 7) is 3.99. The zero-order valence-corrected chi connectivity index (χ0v) is 16.7. The highest BCUT2D eigenvalue weighted by Crippen LogP contribution is 2.38. The average molecular weight is 439 g/mol. The minimum Gasteiger partial charge on any atom is -0.478 e. The van der Waals surface area contributed by atoms with Crippen LogP contribution in [0.2, 0.25) is 0 Å². The predicted octanol–water partition coefficient (Wildman–Crippen LogP) is 4.00. The lowest BCUT2D eigenvalue weighted by Gasteiger charge is -2.27. The van der Waals surface area contributed by atoms with Crippen molar-refractivity contribution in [2.45, 2.75) is 31.3 Å². The van der Waals surface area contributed by atoms with Gasteiger partial charge in [-0.15, -0.1) is 0 Å². The van der Waals surface area contributed by atoms with E-state index in [2.05, 4.69) is 26.0 Å². The number of carbonyl (C=O) groups is 1. The maximum atomic E-state index is 12.7. The average Bonchev–Trinajstić information content (AvgIpc) is 2.55. The van der Waals surface area contributed by atoms with Gasteiger partial charge in [0.15, 0.2) is 6.10 Å². The molecule has 26 heavy (non-hydrogen) atoms. The van der Waals surface area contributed by atoms with E-state index in [9.17, 15) is 13.2 Å². The van der Waals surface area contributed by atoms with Crippen molar-refractivity contribution in [1.29, 1.82) is 0 Å². The molecule has 1 atom stereocenters. The maximum Gasteiger partial charge on any atom is 0.265 e. The summed E-state index contributed by atoms with van der Waals surface area (Å²) in [6, 6.07) is 11.6. The molecule has 0 aliphatic carbocycles. The van der Waals surface area contributed by atoms with E-state index in [0.29, 0.717) is 28.0 Å². The largest absolute Gasteiger partial charge is 0.478 e. The van der Waals surface area contributed by atoms with E-state index in [-0.39, 0.29) is 16.7 Å². The summed E-state index contributed by atoms with van der Waals surface area (Å²) in [5, 5.41) is 2.78. The monoisotopic (exact) mass is 438 g/mol. The van der Waals surface area contributed by atoms with Crippen molar-refractivity contribution in [3.05, 3.63) is 46.9 Å². The van der Waals surface area contributed by atoms with Crippen LogP contribution in [0.3, 0.4) is 0 Å². The smallest absolute Gasteiger partial charge is 0.265 e. The van der Waals surface area contributed by atoms with Crippen LogP contribution in [0.4, 0.5) is 11.4 Å². The summed E-state index contributed by atoms with van der Waals surface area (Å²) < 4.78 is 34.1. The Hall–Kier alpha value is -2.06. The first-order valence-electron chi connectivity index (χ1n) is 8.15. The molecule has 0 fully saturated rings. The zero-order chi connectivity index (χ0) is 18.9. The Morgan fingerprint density at radius 2 is 1.92 bits per heavy atom. The third kappa shape index (κ3) is 4.02. The van der Waals surface area contributed by atoms with E-state index in [0.717, 1.165) is 0 Å². The normalized spacial score (nSPS) is 16.6. The van der Waals surface area contributed by atoms with E-state index in [1.807, 2.05) is 13.8 Å². The Kier molecular flexibility index (Phi) is 5.24. The van der Waals surface area contributed by atoms with Gasteiger partial charge in [-0.2, -0.15) is 0 Å². The minimum absolute atomic E-state index is 0.0412. The highest BCUT2D eigenvalue weighted by atomic mass is 79.9. The van der Waals surface area contributed by atoms with E-state index in [1.165, 1.54) is 6.07 Å². The van der Waals surface area contributed by atoms with Crippen LogP contribution in [-0.4, -0.2) is 20.4 Å². The summed E-state index contributed by atoms with van der Waals surface area (Å²) in [5.74, 6) is 0.383. The molecule has 1 amide bonds. The summed E-state index contributed by atoms with van der Waals surface area (Å²) in [5.41, 5.74) is 0.907. The number of sulfonamides is 1. The summed E-state index contributed by atoms with van der Waals surface area (Å²) in [7, 11) is -3.82. The SMILES string of the molecule is CC(C)CC1Oc2cc(S(=O)(=O)Nc3ccccc3)c(Br)cc2NC1=O. The van der Waals surface area contributed by atoms with Crippen molar-refractivity contribution in [2.75, 3.05) is 10.0 Å². The Morgan fingerprint density at radius 3 is 2.58 bits per heavy atom. The van der Waals surface area contributed by atoms with Gasteiger partial charge in [0.1, 0.15) is 10.6 Å². The standard InChI is InChI=1S/C18H19BrN2O4S/c1-11(2)8-16-18(22)20-14-9-13(19)17(10-15(14)25-16)26(23,24)21-12-6-4-3-5-7-12/h3-7,9-11,16,21H,8H2,1-2H3,(H,20,22). The molecule has 0 bridgehead atoms. The molecule has 0 aromatic heterocycles. The summed E-state index contributed by atoms with van der Waals surface area (Å²) in [6.07, 6.45) is -0.0904. The summed E-state index contributed by atoms with van der Waals surface area (Å²) >= 11 is 3.27. The molecule has 8 heteroatoms. The Balaban J connectivity index is 1.94. The van der Waals surface area contributed by atoms with Gasteiger partial charge in [0.25, 0.3) is 15.9 Å². The highest BCUT2D eigenvalue weighted by molar-refractivity contribution is 9.10. The quantitative estimate of drug-likeness (QED) is 0.738. The Morgan fingerprint density at radius 1 is 1.23 bits per heavy atom. The first kappa shape index (κ1) is 18.7. The van der Waals surface area contributed by atoms with Crippen LogP contribution in [0.15, 0.2) is 51.8 Å². The number of anilines is 2. The van der Waals surface area contributed by atoms with Gasteiger partial charge >= 0.3 is 0 Å². The number of fused-ring (bicyclic) bond motifs is 1. The van der Waals surface area contributed by atoms with Crippen molar-refractivity contribution in [3.8, 4) is 5.75 Å². The lowest BCUT2D eigenvalue weighted by Crippen LogP contribution is -2.38. The van der Waals surface area contributed by atoms with E-state index in [1.54, 1.807) is 36.4 Å². The number of carbonyl (C=O) groups excluding carboxylic acids is 1. The fraction of sp³-hybridized carbons (Fsp3) is 0.278. The van der Waals surface area contributed by atoms with Crippen LogP contribution in [0.25, 0.3) is 0 Å². The minimum atomic E-state index is -3.82. The van der Waals surface area contributed by atoms with Gasteiger partial charge in [-0.1, -0.05) is 32.0 Å². The summed E-state index contributed by atoms with van der Waals surface area (Å²) in [4.78, 5) is 12.2. The molecule has 1 heterocycles. The van der Waals surface area contributed by atoms with Crippen molar-refractivity contribution < 1.29 is 17.9 Å². The van der Waals surface area contributed by atoms with Gasteiger partial charge in [0, 0.05) is 16.2 Å². The second-order valence-electron chi connectivity index (χ2n) is 6.48. The number of rotatable bonds is 5.